The number of nitrogens with one attached hydrogen (secondary N) is 1. The van der Waals surface area contributed by atoms with E-state index in [4.69, 9.17) is 16.3 Å². The zero-order chi connectivity index (χ0) is 14.1. The highest BCUT2D eigenvalue weighted by Gasteiger charge is 2.13. The molecule has 0 aliphatic rings. The Morgan fingerprint density at radius 1 is 1.45 bits per heavy atom. The standard InChI is InChI=1S/C14H11ClN2O2S/c1-19-9-4-2-3-8(5-9)10-7-20-14-12(10)13(18)16-11(6-15)17-14/h2-5,7H,6H2,1H3,(H,16,17,18). The van der Waals surface area contributed by atoms with Crippen molar-refractivity contribution in [2.45, 2.75) is 5.88 Å². The van der Waals surface area contributed by atoms with Gasteiger partial charge in [0.1, 0.15) is 16.4 Å². The van der Waals surface area contributed by atoms with Gasteiger partial charge in [-0.05, 0) is 17.7 Å². The highest BCUT2D eigenvalue weighted by molar-refractivity contribution is 7.17. The first-order valence-electron chi connectivity index (χ1n) is 5.93. The molecule has 0 saturated heterocycles. The van der Waals surface area contributed by atoms with Crippen LogP contribution in [0, 0.1) is 0 Å². The first-order valence-corrected chi connectivity index (χ1v) is 7.35. The van der Waals surface area contributed by atoms with Crippen molar-refractivity contribution in [3.05, 3.63) is 45.8 Å². The lowest BCUT2D eigenvalue weighted by atomic mass is 10.1. The predicted molar refractivity (Wildman–Crippen MR) is 81.8 cm³/mol. The third-order valence-corrected chi connectivity index (χ3v) is 4.13. The molecule has 102 valence electrons. The number of hydrogen-bond donors (Lipinski definition) is 1. The predicted octanol–water partition coefficient (Wildman–Crippen LogP) is 3.40. The van der Waals surface area contributed by atoms with Crippen LogP contribution in [0.5, 0.6) is 5.75 Å². The van der Waals surface area contributed by atoms with E-state index in [1.807, 2.05) is 29.6 Å². The molecule has 0 aliphatic carbocycles. The molecule has 0 saturated carbocycles. The van der Waals surface area contributed by atoms with Gasteiger partial charge in [0.15, 0.2) is 0 Å². The molecule has 1 N–H and O–H groups in total. The Bertz CT molecular complexity index is 825. The van der Waals surface area contributed by atoms with E-state index in [9.17, 15) is 4.79 Å². The average Bonchev–Trinajstić information content (AvgIpc) is 2.91. The number of nitrogens with zero attached hydrogens (tertiary/aromatic N) is 1. The Kier molecular flexibility index (Phi) is 3.46. The molecule has 0 unspecified atom stereocenters. The van der Waals surface area contributed by atoms with Crippen LogP contribution >= 0.6 is 22.9 Å². The van der Waals surface area contributed by atoms with Crippen molar-refractivity contribution in [2.24, 2.45) is 0 Å². The summed E-state index contributed by atoms with van der Waals surface area (Å²) >= 11 is 7.15. The van der Waals surface area contributed by atoms with Crippen molar-refractivity contribution in [3.63, 3.8) is 0 Å². The van der Waals surface area contributed by atoms with Gasteiger partial charge in [0.25, 0.3) is 5.56 Å². The number of halogens is 1. The van der Waals surface area contributed by atoms with Crippen LogP contribution in [0.2, 0.25) is 0 Å². The topological polar surface area (TPSA) is 55.0 Å². The number of thiophene rings is 1. The second-order valence-corrected chi connectivity index (χ2v) is 5.33. The summed E-state index contributed by atoms with van der Waals surface area (Å²) in [5.74, 6) is 1.43. The quantitative estimate of drug-likeness (QED) is 0.755. The Hall–Kier alpha value is -1.85. The molecule has 3 rings (SSSR count). The van der Waals surface area contributed by atoms with Crippen molar-refractivity contribution in [2.75, 3.05) is 7.11 Å². The van der Waals surface area contributed by atoms with Crippen LogP contribution in [0.15, 0.2) is 34.4 Å². The number of hydrogen-bond acceptors (Lipinski definition) is 4. The largest absolute Gasteiger partial charge is 0.497 e. The molecule has 0 amide bonds. The summed E-state index contributed by atoms with van der Waals surface area (Å²) < 4.78 is 5.22. The number of rotatable bonds is 3. The summed E-state index contributed by atoms with van der Waals surface area (Å²) in [6.07, 6.45) is 0. The van der Waals surface area contributed by atoms with Gasteiger partial charge in [-0.25, -0.2) is 4.98 Å². The summed E-state index contributed by atoms with van der Waals surface area (Å²) in [5, 5.41) is 2.52. The van der Waals surface area contributed by atoms with Gasteiger partial charge in [0.2, 0.25) is 0 Å². The highest BCUT2D eigenvalue weighted by Crippen LogP contribution is 2.32. The molecule has 1 aromatic carbocycles. The van der Waals surface area contributed by atoms with Crippen LogP contribution in [-0.4, -0.2) is 17.1 Å². The molecule has 0 aliphatic heterocycles. The minimum absolute atomic E-state index is 0.162. The summed E-state index contributed by atoms with van der Waals surface area (Å²) in [6.45, 7) is 0. The van der Waals surface area contributed by atoms with Gasteiger partial charge < -0.3 is 9.72 Å². The lowest BCUT2D eigenvalue weighted by Crippen LogP contribution is -2.10. The third kappa shape index (κ3) is 2.19. The Morgan fingerprint density at radius 2 is 2.30 bits per heavy atom. The zero-order valence-electron chi connectivity index (χ0n) is 10.6. The van der Waals surface area contributed by atoms with E-state index in [2.05, 4.69) is 9.97 Å². The second kappa shape index (κ2) is 5.26. The van der Waals surface area contributed by atoms with Crippen LogP contribution in [0.1, 0.15) is 5.82 Å². The molecule has 20 heavy (non-hydrogen) atoms. The smallest absolute Gasteiger partial charge is 0.260 e. The normalized spacial score (nSPS) is 10.9. The number of methoxy groups -OCH3 is 1. The van der Waals surface area contributed by atoms with Gasteiger partial charge in [0, 0.05) is 10.9 Å². The number of benzene rings is 1. The molecule has 3 aromatic rings. The lowest BCUT2D eigenvalue weighted by Gasteiger charge is -2.03. The van der Waals surface area contributed by atoms with Crippen molar-refractivity contribution in [1.82, 2.24) is 9.97 Å². The zero-order valence-corrected chi connectivity index (χ0v) is 12.2. The molecule has 0 radical (unpaired) electrons. The summed E-state index contributed by atoms with van der Waals surface area (Å²) in [5.41, 5.74) is 1.63. The number of fused-ring (bicyclic) bond motifs is 1. The monoisotopic (exact) mass is 306 g/mol. The van der Waals surface area contributed by atoms with E-state index in [-0.39, 0.29) is 11.4 Å². The summed E-state index contributed by atoms with van der Waals surface area (Å²) in [6, 6.07) is 7.61. The Labute approximate surface area is 124 Å². The van der Waals surface area contributed by atoms with E-state index in [1.54, 1.807) is 7.11 Å². The number of alkyl halides is 1. The first-order chi connectivity index (χ1) is 9.72. The average molecular weight is 307 g/mol. The molecule has 2 heterocycles. The molecular formula is C14H11ClN2O2S. The lowest BCUT2D eigenvalue weighted by molar-refractivity contribution is 0.415. The number of H-pyrrole nitrogens is 1. The second-order valence-electron chi connectivity index (χ2n) is 4.21. The number of aromatic nitrogens is 2. The van der Waals surface area contributed by atoms with Gasteiger partial charge >= 0.3 is 0 Å². The number of ether oxygens (including phenoxy) is 1. The molecule has 0 spiro atoms. The maximum atomic E-state index is 12.2. The van der Waals surface area contributed by atoms with Crippen molar-refractivity contribution in [3.8, 4) is 16.9 Å². The molecule has 4 nitrogen and oxygen atoms in total. The fourth-order valence-corrected chi connectivity index (χ4v) is 3.15. The summed E-state index contributed by atoms with van der Waals surface area (Å²) in [4.78, 5) is 19.9. The van der Waals surface area contributed by atoms with Gasteiger partial charge in [-0.2, -0.15) is 0 Å². The maximum absolute atomic E-state index is 12.2. The minimum Gasteiger partial charge on any atom is -0.497 e. The van der Waals surface area contributed by atoms with E-state index in [0.29, 0.717) is 16.0 Å². The molecule has 0 atom stereocenters. The third-order valence-electron chi connectivity index (χ3n) is 3.00. The Morgan fingerprint density at radius 3 is 3.05 bits per heavy atom. The van der Waals surface area contributed by atoms with Crippen molar-refractivity contribution >= 4 is 33.2 Å². The van der Waals surface area contributed by atoms with Gasteiger partial charge in [-0.15, -0.1) is 22.9 Å². The van der Waals surface area contributed by atoms with Crippen LogP contribution in [0.4, 0.5) is 0 Å². The van der Waals surface area contributed by atoms with Gasteiger partial charge in [-0.3, -0.25) is 4.79 Å². The summed E-state index contributed by atoms with van der Waals surface area (Å²) in [7, 11) is 1.62. The highest BCUT2D eigenvalue weighted by atomic mass is 35.5. The fourth-order valence-electron chi connectivity index (χ4n) is 2.06. The van der Waals surface area contributed by atoms with Gasteiger partial charge in [0.05, 0.1) is 18.4 Å². The first kappa shape index (κ1) is 13.1. The molecule has 2 aromatic heterocycles. The van der Waals surface area contributed by atoms with Crippen LogP contribution in [0.25, 0.3) is 21.3 Å². The van der Waals surface area contributed by atoms with Crippen LogP contribution in [0.3, 0.4) is 0 Å². The van der Waals surface area contributed by atoms with Crippen LogP contribution < -0.4 is 10.3 Å². The minimum atomic E-state index is -0.162. The number of aromatic amines is 1. The maximum Gasteiger partial charge on any atom is 0.260 e. The molecule has 0 bridgehead atoms. The van der Waals surface area contributed by atoms with Crippen molar-refractivity contribution in [1.29, 1.82) is 0 Å². The SMILES string of the molecule is COc1cccc(-c2csc3nc(CCl)[nH]c(=O)c23)c1. The van der Waals surface area contributed by atoms with E-state index in [0.717, 1.165) is 16.9 Å². The molecular weight excluding hydrogens is 296 g/mol. The molecule has 0 fully saturated rings. The fraction of sp³-hybridized carbons (Fsp3) is 0.143. The van der Waals surface area contributed by atoms with Crippen molar-refractivity contribution < 1.29 is 4.74 Å². The molecule has 6 heteroatoms. The van der Waals surface area contributed by atoms with Crippen LogP contribution in [-0.2, 0) is 5.88 Å². The van der Waals surface area contributed by atoms with E-state index < -0.39 is 0 Å². The Balaban J connectivity index is 2.24. The van der Waals surface area contributed by atoms with E-state index in [1.165, 1.54) is 11.3 Å². The van der Waals surface area contributed by atoms with E-state index >= 15 is 0 Å². The van der Waals surface area contributed by atoms with Gasteiger partial charge in [-0.1, -0.05) is 12.1 Å².